The molecule has 5 nitrogen and oxygen atoms in total. The van der Waals surface area contributed by atoms with E-state index in [0.717, 1.165) is 50.6 Å². The zero-order valence-electron chi connectivity index (χ0n) is 14.2. The largest absolute Gasteiger partial charge is 0.481 e. The summed E-state index contributed by atoms with van der Waals surface area (Å²) in [5.41, 5.74) is 1.13. The minimum absolute atomic E-state index is 0.0315. The molecule has 5 heteroatoms. The van der Waals surface area contributed by atoms with Gasteiger partial charge in [0.05, 0.1) is 13.2 Å². The maximum Gasteiger partial charge on any atom is 0.261 e. The molecule has 1 atom stereocenters. The number of nitrogens with one attached hydrogen (secondary N) is 1. The molecule has 0 unspecified atom stereocenters. The molecule has 1 saturated heterocycles. The van der Waals surface area contributed by atoms with Crippen molar-refractivity contribution in [3.05, 3.63) is 29.8 Å². The number of carbonyl (C=O) groups excluding carboxylic acids is 1. The summed E-state index contributed by atoms with van der Waals surface area (Å²) >= 11 is 0. The molecular weight excluding hydrogens is 292 g/mol. The Morgan fingerprint density at radius 1 is 1.39 bits per heavy atom. The lowest BCUT2D eigenvalue weighted by atomic mass is 10.2. The highest BCUT2D eigenvalue weighted by Gasteiger charge is 2.18. The number of morpholine rings is 1. The Morgan fingerprint density at radius 3 is 2.87 bits per heavy atom. The highest BCUT2D eigenvalue weighted by Crippen LogP contribution is 2.15. The number of aryl methyl sites for hydroxylation is 1. The van der Waals surface area contributed by atoms with Gasteiger partial charge in [-0.05, 0) is 44.0 Å². The second kappa shape index (κ2) is 9.53. The Hall–Kier alpha value is -1.59. The smallest absolute Gasteiger partial charge is 0.261 e. The number of hydrogen-bond donors (Lipinski definition) is 1. The van der Waals surface area contributed by atoms with E-state index in [-0.39, 0.29) is 5.91 Å². The fraction of sp³-hybridized carbons (Fsp3) is 0.611. The average molecular weight is 320 g/mol. The van der Waals surface area contributed by atoms with E-state index in [2.05, 4.69) is 10.2 Å². The Kier molecular flexibility index (Phi) is 7.36. The normalized spacial score (nSPS) is 16.8. The van der Waals surface area contributed by atoms with Crippen molar-refractivity contribution in [1.29, 1.82) is 0 Å². The van der Waals surface area contributed by atoms with E-state index < -0.39 is 6.10 Å². The molecule has 0 bridgehead atoms. The molecule has 1 aromatic carbocycles. The topological polar surface area (TPSA) is 50.8 Å². The molecule has 1 amide bonds. The zero-order valence-corrected chi connectivity index (χ0v) is 14.2. The van der Waals surface area contributed by atoms with Crippen LogP contribution in [-0.2, 0) is 9.53 Å². The van der Waals surface area contributed by atoms with Crippen molar-refractivity contribution < 1.29 is 14.3 Å². The van der Waals surface area contributed by atoms with Gasteiger partial charge in [0.25, 0.3) is 5.91 Å². The first-order valence-electron chi connectivity index (χ1n) is 8.50. The first-order chi connectivity index (χ1) is 11.2. The third kappa shape index (κ3) is 6.20. The lowest BCUT2D eigenvalue weighted by Crippen LogP contribution is -2.41. The van der Waals surface area contributed by atoms with Gasteiger partial charge in [0.1, 0.15) is 5.75 Å². The molecule has 0 saturated carbocycles. The van der Waals surface area contributed by atoms with Crippen LogP contribution in [0.25, 0.3) is 0 Å². The molecule has 1 N–H and O–H groups in total. The average Bonchev–Trinajstić information content (AvgIpc) is 2.57. The Morgan fingerprint density at radius 2 is 2.17 bits per heavy atom. The lowest BCUT2D eigenvalue weighted by molar-refractivity contribution is -0.128. The number of rotatable bonds is 8. The van der Waals surface area contributed by atoms with Crippen molar-refractivity contribution in [2.24, 2.45) is 0 Å². The van der Waals surface area contributed by atoms with Gasteiger partial charge in [-0.15, -0.1) is 0 Å². The van der Waals surface area contributed by atoms with Crippen LogP contribution in [0.3, 0.4) is 0 Å². The van der Waals surface area contributed by atoms with E-state index in [9.17, 15) is 4.79 Å². The van der Waals surface area contributed by atoms with Crippen LogP contribution < -0.4 is 10.1 Å². The highest BCUT2D eigenvalue weighted by molar-refractivity contribution is 5.81. The predicted octanol–water partition coefficient (Wildman–Crippen LogP) is 1.99. The molecular formula is C18H28N2O3. The Bertz CT molecular complexity index is 487. The second-order valence-electron chi connectivity index (χ2n) is 5.93. The molecule has 1 heterocycles. The number of benzene rings is 1. The third-order valence-corrected chi connectivity index (χ3v) is 3.99. The lowest BCUT2D eigenvalue weighted by Gasteiger charge is -2.26. The molecule has 1 aromatic rings. The van der Waals surface area contributed by atoms with E-state index in [1.807, 2.05) is 38.1 Å². The summed E-state index contributed by atoms with van der Waals surface area (Å²) in [5.74, 6) is 0.719. The summed E-state index contributed by atoms with van der Waals surface area (Å²) in [4.78, 5) is 14.6. The molecule has 0 aliphatic carbocycles. The second-order valence-corrected chi connectivity index (χ2v) is 5.93. The Balaban J connectivity index is 1.69. The van der Waals surface area contributed by atoms with Crippen molar-refractivity contribution in [3.8, 4) is 5.75 Å². The quantitative estimate of drug-likeness (QED) is 0.744. The number of nitrogens with zero attached hydrogens (tertiary/aromatic N) is 1. The first-order valence-corrected chi connectivity index (χ1v) is 8.50. The molecule has 1 aliphatic heterocycles. The summed E-state index contributed by atoms with van der Waals surface area (Å²) in [7, 11) is 0. The van der Waals surface area contributed by atoms with E-state index in [1.165, 1.54) is 0 Å². The van der Waals surface area contributed by atoms with Gasteiger partial charge in [-0.1, -0.05) is 19.1 Å². The summed E-state index contributed by atoms with van der Waals surface area (Å²) in [6.45, 7) is 9.27. The van der Waals surface area contributed by atoms with Crippen molar-refractivity contribution in [2.75, 3.05) is 39.4 Å². The van der Waals surface area contributed by atoms with Gasteiger partial charge in [0, 0.05) is 19.6 Å². The number of hydrogen-bond acceptors (Lipinski definition) is 4. The van der Waals surface area contributed by atoms with Crippen molar-refractivity contribution in [2.45, 2.75) is 32.8 Å². The minimum atomic E-state index is -0.430. The molecule has 1 aliphatic rings. The third-order valence-electron chi connectivity index (χ3n) is 3.99. The van der Waals surface area contributed by atoms with Crippen molar-refractivity contribution >= 4 is 5.91 Å². The number of ether oxygens (including phenoxy) is 2. The van der Waals surface area contributed by atoms with Crippen molar-refractivity contribution in [3.63, 3.8) is 0 Å². The SMILES string of the molecule is CC[C@H](Oc1cccc(C)c1)C(=O)NCCCN1CCOCC1. The molecule has 0 radical (unpaired) electrons. The molecule has 23 heavy (non-hydrogen) atoms. The molecule has 0 spiro atoms. The van der Waals surface area contributed by atoms with Gasteiger partial charge < -0.3 is 14.8 Å². The van der Waals surface area contributed by atoms with Crippen LogP contribution in [0.4, 0.5) is 0 Å². The highest BCUT2D eigenvalue weighted by atomic mass is 16.5. The fourth-order valence-corrected chi connectivity index (χ4v) is 2.63. The standard InChI is InChI=1S/C18H28N2O3/c1-3-17(23-16-7-4-6-15(2)14-16)18(21)19-8-5-9-20-10-12-22-13-11-20/h4,6-7,14,17H,3,5,8-13H2,1-2H3,(H,19,21)/t17-/m0/s1. The Labute approximate surface area is 139 Å². The van der Waals surface area contributed by atoms with Gasteiger partial charge in [-0.2, -0.15) is 0 Å². The van der Waals surface area contributed by atoms with Gasteiger partial charge in [0.2, 0.25) is 0 Å². The fourth-order valence-electron chi connectivity index (χ4n) is 2.63. The van der Waals surface area contributed by atoms with Crippen molar-refractivity contribution in [1.82, 2.24) is 10.2 Å². The van der Waals surface area contributed by atoms with Gasteiger partial charge in [-0.25, -0.2) is 0 Å². The van der Waals surface area contributed by atoms with Gasteiger partial charge >= 0.3 is 0 Å². The minimum Gasteiger partial charge on any atom is -0.481 e. The molecule has 0 aromatic heterocycles. The number of amides is 1. The van der Waals surface area contributed by atoms with Crippen LogP contribution in [0.15, 0.2) is 24.3 Å². The maximum absolute atomic E-state index is 12.2. The maximum atomic E-state index is 12.2. The van der Waals surface area contributed by atoms with Crippen LogP contribution in [-0.4, -0.2) is 56.3 Å². The summed E-state index contributed by atoms with van der Waals surface area (Å²) in [6, 6.07) is 7.80. The van der Waals surface area contributed by atoms with Gasteiger partial charge in [0.15, 0.2) is 6.10 Å². The van der Waals surface area contributed by atoms with E-state index in [1.54, 1.807) is 0 Å². The van der Waals surface area contributed by atoms with Crippen LogP contribution in [0.1, 0.15) is 25.3 Å². The van der Waals surface area contributed by atoms with Crippen LogP contribution >= 0.6 is 0 Å². The van der Waals surface area contributed by atoms with E-state index >= 15 is 0 Å². The van der Waals surface area contributed by atoms with E-state index in [0.29, 0.717) is 13.0 Å². The number of carbonyl (C=O) groups is 1. The van der Waals surface area contributed by atoms with E-state index in [4.69, 9.17) is 9.47 Å². The van der Waals surface area contributed by atoms with Crippen LogP contribution in [0.2, 0.25) is 0 Å². The first kappa shape index (κ1) is 17.8. The van der Waals surface area contributed by atoms with Crippen LogP contribution in [0.5, 0.6) is 5.75 Å². The monoisotopic (exact) mass is 320 g/mol. The van der Waals surface area contributed by atoms with Gasteiger partial charge in [-0.3, -0.25) is 9.69 Å². The molecule has 1 fully saturated rings. The van der Waals surface area contributed by atoms with Crippen LogP contribution in [0, 0.1) is 6.92 Å². The predicted molar refractivity (Wildman–Crippen MR) is 90.8 cm³/mol. The summed E-state index contributed by atoms with van der Waals surface area (Å²) in [6.07, 6.45) is 1.18. The molecule has 2 rings (SSSR count). The summed E-state index contributed by atoms with van der Waals surface area (Å²) < 4.78 is 11.1. The summed E-state index contributed by atoms with van der Waals surface area (Å²) in [5, 5.41) is 2.99. The molecule has 128 valence electrons. The zero-order chi connectivity index (χ0) is 16.5.